The molecule has 0 bridgehead atoms. The molecule has 1 saturated carbocycles. The average Bonchev–Trinajstić information content (AvgIpc) is 2.93. The lowest BCUT2D eigenvalue weighted by molar-refractivity contribution is -0.142. The Morgan fingerprint density at radius 2 is 2.14 bits per heavy atom. The summed E-state index contributed by atoms with van der Waals surface area (Å²) in [6.07, 6.45) is 3.25. The Balaban J connectivity index is 1.46. The lowest BCUT2D eigenvalue weighted by atomic mass is 9.78. The van der Waals surface area contributed by atoms with Gasteiger partial charge >= 0.3 is 5.97 Å². The van der Waals surface area contributed by atoms with Crippen LogP contribution in [0.4, 0.5) is 5.13 Å². The summed E-state index contributed by atoms with van der Waals surface area (Å²) in [6.45, 7) is 0. The second-order valence-electron chi connectivity index (χ2n) is 5.64. The smallest absolute Gasteiger partial charge is 0.305 e. The molecule has 1 aliphatic carbocycles. The third-order valence-corrected chi connectivity index (χ3v) is 4.60. The molecule has 1 heterocycles. The SMILES string of the molecule is COC(=O)CC1CC(Nc2nc(Cc3ccccc3)ns2)C1. The Bertz CT molecular complexity index is 623. The predicted molar refractivity (Wildman–Crippen MR) is 85.9 cm³/mol. The summed E-state index contributed by atoms with van der Waals surface area (Å²) in [5.41, 5.74) is 1.22. The van der Waals surface area contributed by atoms with Gasteiger partial charge in [0.25, 0.3) is 0 Å². The second kappa shape index (κ2) is 6.87. The molecule has 5 nitrogen and oxygen atoms in total. The molecule has 0 saturated heterocycles. The molecule has 22 heavy (non-hydrogen) atoms. The van der Waals surface area contributed by atoms with Gasteiger partial charge in [0.05, 0.1) is 7.11 Å². The zero-order chi connectivity index (χ0) is 15.4. The van der Waals surface area contributed by atoms with Crippen LogP contribution in [-0.4, -0.2) is 28.5 Å². The zero-order valence-corrected chi connectivity index (χ0v) is 13.3. The summed E-state index contributed by atoms with van der Waals surface area (Å²) < 4.78 is 9.09. The molecule has 1 fully saturated rings. The summed E-state index contributed by atoms with van der Waals surface area (Å²) in [7, 11) is 1.44. The number of nitrogens with one attached hydrogen (secondary N) is 1. The van der Waals surface area contributed by atoms with E-state index in [-0.39, 0.29) is 5.97 Å². The van der Waals surface area contributed by atoms with Crippen LogP contribution in [0.2, 0.25) is 0 Å². The lowest BCUT2D eigenvalue weighted by Crippen LogP contribution is -2.36. The largest absolute Gasteiger partial charge is 0.469 e. The number of hydrogen-bond acceptors (Lipinski definition) is 6. The van der Waals surface area contributed by atoms with Crippen LogP contribution in [0.3, 0.4) is 0 Å². The zero-order valence-electron chi connectivity index (χ0n) is 12.5. The normalized spacial score (nSPS) is 20.2. The molecule has 1 aromatic heterocycles. The van der Waals surface area contributed by atoms with Gasteiger partial charge in [-0.25, -0.2) is 4.98 Å². The maximum Gasteiger partial charge on any atom is 0.305 e. The van der Waals surface area contributed by atoms with E-state index in [9.17, 15) is 4.79 Å². The van der Waals surface area contributed by atoms with Gasteiger partial charge < -0.3 is 10.1 Å². The fourth-order valence-electron chi connectivity index (χ4n) is 2.68. The van der Waals surface area contributed by atoms with Crippen molar-refractivity contribution in [2.75, 3.05) is 12.4 Å². The van der Waals surface area contributed by atoms with Crippen molar-refractivity contribution in [2.45, 2.75) is 31.7 Å². The number of ether oxygens (including phenoxy) is 1. The molecule has 2 aromatic rings. The predicted octanol–water partition coefficient (Wildman–Crippen LogP) is 2.88. The molecular weight excluding hydrogens is 298 g/mol. The highest BCUT2D eigenvalue weighted by Gasteiger charge is 2.31. The van der Waals surface area contributed by atoms with E-state index in [1.807, 2.05) is 18.2 Å². The van der Waals surface area contributed by atoms with Gasteiger partial charge in [-0.3, -0.25) is 4.79 Å². The fourth-order valence-corrected chi connectivity index (χ4v) is 3.34. The highest BCUT2D eigenvalue weighted by atomic mass is 32.1. The Morgan fingerprint density at radius 3 is 2.86 bits per heavy atom. The van der Waals surface area contributed by atoms with Crippen LogP contribution in [0.15, 0.2) is 30.3 Å². The van der Waals surface area contributed by atoms with Gasteiger partial charge in [0.15, 0.2) is 0 Å². The van der Waals surface area contributed by atoms with E-state index in [0.29, 0.717) is 18.4 Å². The number of methoxy groups -OCH3 is 1. The van der Waals surface area contributed by atoms with Crippen LogP contribution in [-0.2, 0) is 16.0 Å². The van der Waals surface area contributed by atoms with E-state index in [1.54, 1.807) is 0 Å². The highest BCUT2D eigenvalue weighted by molar-refractivity contribution is 7.09. The number of esters is 1. The first-order chi connectivity index (χ1) is 10.7. The number of hydrogen-bond donors (Lipinski definition) is 1. The van der Waals surface area contributed by atoms with Crippen LogP contribution >= 0.6 is 11.5 Å². The number of nitrogens with zero attached hydrogens (tertiary/aromatic N) is 2. The van der Waals surface area contributed by atoms with Crippen LogP contribution in [0, 0.1) is 5.92 Å². The topological polar surface area (TPSA) is 64.1 Å². The van der Waals surface area contributed by atoms with Crippen LogP contribution in [0.1, 0.15) is 30.7 Å². The van der Waals surface area contributed by atoms with Gasteiger partial charge in [0.2, 0.25) is 5.13 Å². The molecule has 1 N–H and O–H groups in total. The van der Waals surface area contributed by atoms with E-state index in [1.165, 1.54) is 24.2 Å². The minimum absolute atomic E-state index is 0.121. The monoisotopic (exact) mass is 317 g/mol. The van der Waals surface area contributed by atoms with Gasteiger partial charge in [-0.1, -0.05) is 30.3 Å². The Morgan fingerprint density at radius 1 is 1.36 bits per heavy atom. The van der Waals surface area contributed by atoms with E-state index in [0.717, 1.165) is 30.2 Å². The van der Waals surface area contributed by atoms with Crippen LogP contribution in [0.5, 0.6) is 0 Å². The van der Waals surface area contributed by atoms with Crippen molar-refractivity contribution < 1.29 is 9.53 Å². The summed E-state index contributed by atoms with van der Waals surface area (Å²) in [5.74, 6) is 1.16. The second-order valence-corrected chi connectivity index (χ2v) is 6.39. The first kappa shape index (κ1) is 15.0. The summed E-state index contributed by atoms with van der Waals surface area (Å²) >= 11 is 1.40. The van der Waals surface area contributed by atoms with Gasteiger partial charge in [0, 0.05) is 30.4 Å². The molecule has 6 heteroatoms. The average molecular weight is 317 g/mol. The Kier molecular flexibility index (Phi) is 4.68. The molecule has 1 aliphatic rings. The first-order valence-corrected chi connectivity index (χ1v) is 8.20. The number of benzene rings is 1. The van der Waals surface area contributed by atoms with E-state index in [4.69, 9.17) is 4.74 Å². The molecular formula is C16H19N3O2S. The third kappa shape index (κ3) is 3.82. The number of carbonyl (C=O) groups excluding carboxylic acids is 1. The van der Waals surface area contributed by atoms with Crippen molar-refractivity contribution in [2.24, 2.45) is 5.92 Å². The van der Waals surface area contributed by atoms with Crippen molar-refractivity contribution in [3.8, 4) is 0 Å². The number of rotatable bonds is 6. The molecule has 0 radical (unpaired) electrons. The standard InChI is InChI=1S/C16H19N3O2S/c1-21-15(20)10-12-7-13(8-12)17-16-18-14(19-22-16)9-11-5-3-2-4-6-11/h2-6,12-13H,7-10H2,1H3,(H,17,18,19). The van der Waals surface area contributed by atoms with Crippen LogP contribution in [0.25, 0.3) is 0 Å². The summed E-state index contributed by atoms with van der Waals surface area (Å²) in [5, 5.41) is 4.27. The fraction of sp³-hybridized carbons (Fsp3) is 0.438. The quantitative estimate of drug-likeness (QED) is 0.830. The molecule has 116 valence electrons. The van der Waals surface area contributed by atoms with E-state index in [2.05, 4.69) is 26.8 Å². The minimum Gasteiger partial charge on any atom is -0.469 e. The van der Waals surface area contributed by atoms with Gasteiger partial charge in [-0.15, -0.1) is 0 Å². The van der Waals surface area contributed by atoms with Crippen molar-refractivity contribution >= 4 is 22.6 Å². The van der Waals surface area contributed by atoms with Crippen molar-refractivity contribution in [1.82, 2.24) is 9.36 Å². The number of carbonyl (C=O) groups is 1. The maximum atomic E-state index is 11.2. The van der Waals surface area contributed by atoms with Crippen molar-refractivity contribution in [3.63, 3.8) is 0 Å². The molecule has 0 atom stereocenters. The summed E-state index contributed by atoms with van der Waals surface area (Å²) in [6, 6.07) is 10.6. The number of anilines is 1. The van der Waals surface area contributed by atoms with E-state index >= 15 is 0 Å². The lowest BCUT2D eigenvalue weighted by Gasteiger charge is -2.34. The highest BCUT2D eigenvalue weighted by Crippen LogP contribution is 2.33. The Labute approximate surface area is 133 Å². The molecule has 0 unspecified atom stereocenters. The first-order valence-electron chi connectivity index (χ1n) is 7.43. The van der Waals surface area contributed by atoms with E-state index < -0.39 is 0 Å². The molecule has 0 spiro atoms. The minimum atomic E-state index is -0.121. The summed E-state index contributed by atoms with van der Waals surface area (Å²) in [4.78, 5) is 15.7. The third-order valence-electron chi connectivity index (χ3n) is 3.92. The van der Waals surface area contributed by atoms with Gasteiger partial charge in [0.1, 0.15) is 5.82 Å². The van der Waals surface area contributed by atoms with Crippen LogP contribution < -0.4 is 5.32 Å². The molecule has 0 aliphatic heterocycles. The molecule has 3 rings (SSSR count). The van der Waals surface area contributed by atoms with Gasteiger partial charge in [-0.05, 0) is 24.3 Å². The maximum absolute atomic E-state index is 11.2. The number of aromatic nitrogens is 2. The van der Waals surface area contributed by atoms with Crippen molar-refractivity contribution in [3.05, 3.63) is 41.7 Å². The van der Waals surface area contributed by atoms with Crippen molar-refractivity contribution in [1.29, 1.82) is 0 Å². The van der Waals surface area contributed by atoms with Gasteiger partial charge in [-0.2, -0.15) is 4.37 Å². The molecule has 0 amide bonds. The Hall–Kier alpha value is -1.95. The molecule has 1 aromatic carbocycles.